The van der Waals surface area contributed by atoms with E-state index in [1.54, 1.807) is 60.7 Å². The van der Waals surface area contributed by atoms with Gasteiger partial charge >= 0.3 is 11.9 Å². The molecule has 1 N–H and O–H groups in total. The molecule has 3 rings (SSSR count). The molecule has 0 radical (unpaired) electrons. The Labute approximate surface area is 170 Å². The number of benzene rings is 2. The van der Waals surface area contributed by atoms with Crippen LogP contribution in [0.3, 0.4) is 0 Å². The molecule has 1 aliphatic heterocycles. The van der Waals surface area contributed by atoms with Crippen LogP contribution in [0.2, 0.25) is 0 Å². The number of ether oxygens (including phenoxy) is 1. The van der Waals surface area contributed by atoms with Gasteiger partial charge in [0, 0.05) is 0 Å². The molecule has 0 unspecified atom stereocenters. The number of rotatable bonds is 5. The molecular formula is C20H15NO5S2. The number of hydrogen-bond donors (Lipinski definition) is 1. The first-order chi connectivity index (χ1) is 13.4. The standard InChI is InChI=1S/C20H15NO5S2/c1-26-19(25)14-9-5-6-12(10-14)11-15-17(22)21(20(27)28-15)16(18(23)24)13-7-3-2-4-8-13/h2-11,16H,1H3,(H,23,24)/b15-11-/t16-/m1/s1. The van der Waals surface area contributed by atoms with E-state index in [-0.39, 0.29) is 9.23 Å². The minimum atomic E-state index is -1.21. The smallest absolute Gasteiger partial charge is 0.337 e. The molecule has 0 bridgehead atoms. The van der Waals surface area contributed by atoms with Gasteiger partial charge in [0.1, 0.15) is 4.32 Å². The Morgan fingerprint density at radius 1 is 1.18 bits per heavy atom. The number of thioether (sulfide) groups is 1. The lowest BCUT2D eigenvalue weighted by atomic mass is 10.1. The largest absolute Gasteiger partial charge is 0.479 e. The van der Waals surface area contributed by atoms with Gasteiger partial charge in [-0.25, -0.2) is 9.59 Å². The van der Waals surface area contributed by atoms with Crippen molar-refractivity contribution >= 4 is 52.2 Å². The van der Waals surface area contributed by atoms with Gasteiger partial charge in [0.2, 0.25) is 0 Å². The lowest BCUT2D eigenvalue weighted by Crippen LogP contribution is -2.37. The van der Waals surface area contributed by atoms with Gasteiger partial charge in [0.05, 0.1) is 17.6 Å². The molecule has 2 aromatic carbocycles. The number of carbonyl (C=O) groups is 3. The topological polar surface area (TPSA) is 83.9 Å². The first-order valence-electron chi connectivity index (χ1n) is 8.15. The molecule has 0 saturated carbocycles. The Balaban J connectivity index is 1.94. The van der Waals surface area contributed by atoms with Crippen molar-refractivity contribution in [3.05, 3.63) is 76.2 Å². The van der Waals surface area contributed by atoms with Crippen molar-refractivity contribution in [3.63, 3.8) is 0 Å². The number of carboxylic acid groups (broad SMARTS) is 1. The molecule has 0 aromatic heterocycles. The Morgan fingerprint density at radius 2 is 1.89 bits per heavy atom. The maximum Gasteiger partial charge on any atom is 0.337 e. The fourth-order valence-electron chi connectivity index (χ4n) is 2.76. The van der Waals surface area contributed by atoms with E-state index in [0.29, 0.717) is 16.7 Å². The predicted octanol–water partition coefficient (Wildman–Crippen LogP) is 3.50. The van der Waals surface area contributed by atoms with Gasteiger partial charge in [-0.15, -0.1) is 0 Å². The first kappa shape index (κ1) is 19.8. The van der Waals surface area contributed by atoms with Gasteiger partial charge < -0.3 is 9.84 Å². The molecule has 1 saturated heterocycles. The average Bonchev–Trinajstić information content (AvgIpc) is 2.96. The van der Waals surface area contributed by atoms with E-state index in [1.165, 1.54) is 7.11 Å². The molecule has 28 heavy (non-hydrogen) atoms. The third-order valence-corrected chi connectivity index (χ3v) is 5.37. The maximum atomic E-state index is 12.9. The molecule has 2 aromatic rings. The van der Waals surface area contributed by atoms with E-state index in [4.69, 9.17) is 17.0 Å². The van der Waals surface area contributed by atoms with Crippen LogP contribution in [-0.4, -0.2) is 39.3 Å². The number of thiocarbonyl (C=S) groups is 1. The summed E-state index contributed by atoms with van der Waals surface area (Å²) in [5, 5.41) is 9.69. The molecule has 8 heteroatoms. The van der Waals surface area contributed by atoms with Crippen LogP contribution in [0.15, 0.2) is 59.5 Å². The van der Waals surface area contributed by atoms with E-state index in [0.717, 1.165) is 16.7 Å². The Bertz CT molecular complexity index is 987. The van der Waals surface area contributed by atoms with Gasteiger partial charge in [0.15, 0.2) is 6.04 Å². The molecular weight excluding hydrogens is 398 g/mol. The zero-order chi connectivity index (χ0) is 20.3. The van der Waals surface area contributed by atoms with Gasteiger partial charge in [-0.3, -0.25) is 9.69 Å². The maximum absolute atomic E-state index is 12.9. The van der Waals surface area contributed by atoms with Crippen LogP contribution in [0.25, 0.3) is 6.08 Å². The highest BCUT2D eigenvalue weighted by Gasteiger charge is 2.41. The third-order valence-electron chi connectivity index (χ3n) is 4.04. The minimum Gasteiger partial charge on any atom is -0.479 e. The molecule has 1 amide bonds. The van der Waals surface area contributed by atoms with Crippen LogP contribution in [0.1, 0.15) is 27.5 Å². The second kappa shape index (κ2) is 8.37. The van der Waals surface area contributed by atoms with E-state index in [1.807, 2.05) is 0 Å². The Morgan fingerprint density at radius 3 is 2.54 bits per heavy atom. The molecule has 0 aliphatic carbocycles. The van der Waals surface area contributed by atoms with Crippen LogP contribution in [-0.2, 0) is 14.3 Å². The van der Waals surface area contributed by atoms with Gasteiger partial charge in [-0.2, -0.15) is 0 Å². The summed E-state index contributed by atoms with van der Waals surface area (Å²) >= 11 is 6.31. The number of carbonyl (C=O) groups excluding carboxylic acids is 2. The van der Waals surface area contributed by atoms with Crippen LogP contribution in [0, 0.1) is 0 Å². The molecule has 0 spiro atoms. The molecule has 1 atom stereocenters. The summed E-state index contributed by atoms with van der Waals surface area (Å²) in [6, 6.07) is 13.8. The summed E-state index contributed by atoms with van der Waals surface area (Å²) in [7, 11) is 1.29. The summed E-state index contributed by atoms with van der Waals surface area (Å²) in [5.74, 6) is -2.15. The zero-order valence-electron chi connectivity index (χ0n) is 14.7. The van der Waals surface area contributed by atoms with Crippen molar-refractivity contribution in [2.24, 2.45) is 0 Å². The van der Waals surface area contributed by atoms with Crippen molar-refractivity contribution < 1.29 is 24.2 Å². The average molecular weight is 413 g/mol. The highest BCUT2D eigenvalue weighted by Crippen LogP contribution is 2.38. The number of hydrogen-bond acceptors (Lipinski definition) is 6. The van der Waals surface area contributed by atoms with Crippen molar-refractivity contribution in [1.82, 2.24) is 4.90 Å². The summed E-state index contributed by atoms with van der Waals surface area (Å²) in [5.41, 5.74) is 1.41. The lowest BCUT2D eigenvalue weighted by Gasteiger charge is -2.23. The summed E-state index contributed by atoms with van der Waals surface area (Å²) < 4.78 is 4.86. The predicted molar refractivity (Wildman–Crippen MR) is 110 cm³/mol. The third kappa shape index (κ3) is 3.97. The number of nitrogens with zero attached hydrogens (tertiary/aromatic N) is 1. The number of methoxy groups -OCH3 is 1. The highest BCUT2D eigenvalue weighted by molar-refractivity contribution is 8.26. The fraction of sp³-hybridized carbons (Fsp3) is 0.100. The quantitative estimate of drug-likeness (QED) is 0.456. The minimum absolute atomic E-state index is 0.164. The number of amides is 1. The highest BCUT2D eigenvalue weighted by atomic mass is 32.2. The monoisotopic (exact) mass is 413 g/mol. The normalized spacial score (nSPS) is 16.3. The van der Waals surface area contributed by atoms with E-state index >= 15 is 0 Å². The van der Waals surface area contributed by atoms with Crippen molar-refractivity contribution in [2.45, 2.75) is 6.04 Å². The molecule has 1 fully saturated rings. The summed E-state index contributed by atoms with van der Waals surface area (Å²) in [6.45, 7) is 0. The van der Waals surface area contributed by atoms with Crippen molar-refractivity contribution in [2.75, 3.05) is 7.11 Å². The molecule has 142 valence electrons. The van der Waals surface area contributed by atoms with E-state index in [2.05, 4.69) is 0 Å². The van der Waals surface area contributed by atoms with Gasteiger partial charge in [-0.1, -0.05) is 66.4 Å². The van der Waals surface area contributed by atoms with Crippen molar-refractivity contribution in [3.8, 4) is 0 Å². The molecule has 1 heterocycles. The fourth-order valence-corrected chi connectivity index (χ4v) is 4.08. The van der Waals surface area contributed by atoms with Crippen LogP contribution >= 0.6 is 24.0 Å². The van der Waals surface area contributed by atoms with Gasteiger partial charge in [0.25, 0.3) is 5.91 Å². The van der Waals surface area contributed by atoms with Gasteiger partial charge in [-0.05, 0) is 29.3 Å². The molecule has 6 nitrogen and oxygen atoms in total. The lowest BCUT2D eigenvalue weighted by molar-refractivity contribution is -0.145. The van der Waals surface area contributed by atoms with E-state index in [9.17, 15) is 19.5 Å². The second-order valence-corrected chi connectivity index (χ2v) is 7.50. The van der Waals surface area contributed by atoms with Crippen LogP contribution in [0.5, 0.6) is 0 Å². The van der Waals surface area contributed by atoms with Crippen LogP contribution < -0.4 is 0 Å². The summed E-state index contributed by atoms with van der Waals surface area (Å²) in [6.07, 6.45) is 1.58. The number of carboxylic acids is 1. The first-order valence-corrected chi connectivity index (χ1v) is 9.38. The molecule has 1 aliphatic rings. The Hall–Kier alpha value is -2.97. The zero-order valence-corrected chi connectivity index (χ0v) is 16.3. The second-order valence-electron chi connectivity index (χ2n) is 5.82. The number of aliphatic carboxylic acids is 1. The number of esters is 1. The van der Waals surface area contributed by atoms with Crippen LogP contribution in [0.4, 0.5) is 0 Å². The summed E-state index contributed by atoms with van der Waals surface area (Å²) in [4.78, 5) is 37.8. The van der Waals surface area contributed by atoms with E-state index < -0.39 is 23.9 Å². The SMILES string of the molecule is COC(=O)c1cccc(/C=C2\SC(=S)N([C@@H](C(=O)O)c3ccccc3)C2=O)c1. The van der Waals surface area contributed by atoms with Crippen molar-refractivity contribution in [1.29, 1.82) is 0 Å². The Kier molecular flexibility index (Phi) is 5.91.